The van der Waals surface area contributed by atoms with E-state index in [0.717, 1.165) is 5.56 Å². The van der Waals surface area contributed by atoms with Crippen LogP contribution in [0.5, 0.6) is 11.5 Å². The lowest BCUT2D eigenvalue weighted by Gasteiger charge is -2.23. The molecule has 1 N–H and O–H groups in total. The van der Waals surface area contributed by atoms with Crippen LogP contribution < -0.4 is 10.1 Å². The molecule has 8 nitrogen and oxygen atoms in total. The summed E-state index contributed by atoms with van der Waals surface area (Å²) in [7, 11) is 0. The van der Waals surface area contributed by atoms with Gasteiger partial charge in [-0.15, -0.1) is 0 Å². The minimum absolute atomic E-state index is 0.0198. The van der Waals surface area contributed by atoms with Gasteiger partial charge in [0.15, 0.2) is 0 Å². The molecule has 3 aromatic carbocycles. The Labute approximate surface area is 217 Å². The van der Waals surface area contributed by atoms with Gasteiger partial charge in [0.1, 0.15) is 35.7 Å². The second-order valence-electron chi connectivity index (χ2n) is 9.13. The highest BCUT2D eigenvalue weighted by atomic mass is 19.1. The molecule has 1 saturated heterocycles. The first kappa shape index (κ1) is 25.1. The lowest BCUT2D eigenvalue weighted by molar-refractivity contribution is -0.137. The molecule has 0 bridgehead atoms. The van der Waals surface area contributed by atoms with E-state index in [-0.39, 0.29) is 35.9 Å². The Morgan fingerprint density at radius 1 is 0.921 bits per heavy atom. The molecule has 194 valence electrons. The summed E-state index contributed by atoms with van der Waals surface area (Å²) in [6, 6.07) is 18.1. The van der Waals surface area contributed by atoms with Gasteiger partial charge in [-0.05, 0) is 85.0 Å². The van der Waals surface area contributed by atoms with E-state index in [9.17, 15) is 18.4 Å². The number of carbonyl (C=O) groups is 2. The van der Waals surface area contributed by atoms with Crippen LogP contribution in [0.3, 0.4) is 0 Å². The van der Waals surface area contributed by atoms with Crippen LogP contribution in [0.4, 0.5) is 14.5 Å². The minimum atomic E-state index is -0.702. The quantitative estimate of drug-likeness (QED) is 0.373. The summed E-state index contributed by atoms with van der Waals surface area (Å²) in [6.45, 7) is 0.276. The second kappa shape index (κ2) is 11.2. The molecule has 2 amide bonds. The van der Waals surface area contributed by atoms with Crippen LogP contribution in [0.2, 0.25) is 0 Å². The zero-order valence-corrected chi connectivity index (χ0v) is 20.3. The molecule has 1 aliphatic heterocycles. The Morgan fingerprint density at radius 2 is 1.61 bits per heavy atom. The fourth-order valence-corrected chi connectivity index (χ4v) is 4.60. The lowest BCUT2D eigenvalue weighted by Crippen LogP contribution is -2.44. The normalized spacial score (nSPS) is 16.8. The number of amides is 2. The number of benzene rings is 3. The van der Waals surface area contributed by atoms with Crippen molar-refractivity contribution >= 4 is 17.5 Å². The van der Waals surface area contributed by atoms with E-state index in [2.05, 4.69) is 15.5 Å². The molecule has 1 fully saturated rings. The largest absolute Gasteiger partial charge is 0.457 e. The van der Waals surface area contributed by atoms with Gasteiger partial charge in [0.25, 0.3) is 0 Å². The highest BCUT2D eigenvalue weighted by Gasteiger charge is 2.39. The Kier molecular flexibility index (Phi) is 7.39. The van der Waals surface area contributed by atoms with Crippen molar-refractivity contribution in [2.24, 2.45) is 5.92 Å². The van der Waals surface area contributed by atoms with Crippen molar-refractivity contribution in [3.05, 3.63) is 102 Å². The lowest BCUT2D eigenvalue weighted by atomic mass is 9.96. The Bertz CT molecular complexity index is 1400. The van der Waals surface area contributed by atoms with Crippen LogP contribution in [-0.2, 0) is 22.6 Å². The van der Waals surface area contributed by atoms with Gasteiger partial charge in [-0.3, -0.25) is 9.59 Å². The number of carbonyl (C=O) groups excluding carboxylic acids is 2. The number of rotatable bonds is 8. The van der Waals surface area contributed by atoms with Gasteiger partial charge in [0.2, 0.25) is 11.8 Å². The van der Waals surface area contributed by atoms with Crippen molar-refractivity contribution in [2.45, 2.75) is 25.4 Å². The van der Waals surface area contributed by atoms with Gasteiger partial charge >= 0.3 is 0 Å². The molecule has 0 radical (unpaired) electrons. The zero-order chi connectivity index (χ0) is 26.5. The average Bonchev–Trinajstić information content (AvgIpc) is 3.57. The first-order valence-electron chi connectivity index (χ1n) is 12.2. The van der Waals surface area contributed by atoms with E-state index >= 15 is 0 Å². The molecule has 0 saturated carbocycles. The second-order valence-corrected chi connectivity index (χ2v) is 9.13. The van der Waals surface area contributed by atoms with Crippen molar-refractivity contribution in [2.75, 3.05) is 11.9 Å². The fraction of sp³-hybridized carbons (Fsp3) is 0.214. The van der Waals surface area contributed by atoms with Crippen LogP contribution >= 0.6 is 0 Å². The molecule has 1 aliphatic rings. The van der Waals surface area contributed by atoms with Gasteiger partial charge in [0, 0.05) is 12.2 Å². The summed E-state index contributed by atoms with van der Waals surface area (Å²) in [5.41, 5.74) is 1.35. The van der Waals surface area contributed by atoms with Crippen molar-refractivity contribution < 1.29 is 23.1 Å². The van der Waals surface area contributed by atoms with Crippen LogP contribution in [0, 0.1) is 17.6 Å². The van der Waals surface area contributed by atoms with Gasteiger partial charge in [-0.25, -0.2) is 8.78 Å². The van der Waals surface area contributed by atoms with E-state index < -0.39 is 6.04 Å². The monoisotopic (exact) mass is 517 g/mol. The molecule has 4 aromatic rings. The van der Waals surface area contributed by atoms with E-state index in [1.807, 2.05) is 6.07 Å². The number of hydrogen-bond acceptors (Lipinski definition) is 5. The maximum atomic E-state index is 13.7. The third-order valence-corrected chi connectivity index (χ3v) is 6.34. The highest BCUT2D eigenvalue weighted by molar-refractivity contribution is 5.97. The number of likely N-dealkylation sites (tertiary alicyclic amines) is 1. The maximum Gasteiger partial charge on any atom is 0.247 e. The number of nitrogens with zero attached hydrogens (tertiary/aromatic N) is 4. The number of nitrogens with one attached hydrogen (secondary N) is 1. The summed E-state index contributed by atoms with van der Waals surface area (Å²) < 4.78 is 32.5. The third kappa shape index (κ3) is 6.20. The summed E-state index contributed by atoms with van der Waals surface area (Å²) >= 11 is 0. The fourth-order valence-electron chi connectivity index (χ4n) is 4.60. The van der Waals surface area contributed by atoms with Crippen molar-refractivity contribution in [1.29, 1.82) is 0 Å². The zero-order valence-electron chi connectivity index (χ0n) is 20.3. The van der Waals surface area contributed by atoms with Gasteiger partial charge in [-0.1, -0.05) is 12.1 Å². The predicted octanol–water partition coefficient (Wildman–Crippen LogP) is 4.45. The van der Waals surface area contributed by atoms with Crippen LogP contribution in [-0.4, -0.2) is 44.3 Å². The molecular weight excluding hydrogens is 492 g/mol. The summed E-state index contributed by atoms with van der Waals surface area (Å²) in [5, 5.41) is 10.9. The molecule has 0 aliphatic carbocycles. The standard InChI is InChI=1S/C28H25F2N5O3/c29-21-4-8-24(9-5-21)38-25-10-6-23(7-11-25)33-28(37)26-16-20(14-19-2-1-3-22(30)15-19)17-34(26)27(36)18-35-31-12-13-32-35/h1-13,15,20,26H,14,16-18H2,(H,33,37)/t20-,26-/m1/s1. The molecule has 0 spiro atoms. The van der Waals surface area contributed by atoms with E-state index in [4.69, 9.17) is 4.74 Å². The molecule has 10 heteroatoms. The van der Waals surface area contributed by atoms with E-state index in [0.29, 0.717) is 36.6 Å². The van der Waals surface area contributed by atoms with E-state index in [1.54, 1.807) is 35.2 Å². The number of ether oxygens (including phenoxy) is 1. The first-order chi connectivity index (χ1) is 18.4. The van der Waals surface area contributed by atoms with Crippen molar-refractivity contribution in [3.8, 4) is 11.5 Å². The molecule has 5 rings (SSSR count). The topological polar surface area (TPSA) is 89.4 Å². The van der Waals surface area contributed by atoms with Crippen LogP contribution in [0.15, 0.2) is 85.2 Å². The smallest absolute Gasteiger partial charge is 0.247 e. The molecular formula is C28H25F2N5O3. The summed E-state index contributed by atoms with van der Waals surface area (Å²) in [4.78, 5) is 29.3. The number of anilines is 1. The van der Waals surface area contributed by atoms with Crippen molar-refractivity contribution in [1.82, 2.24) is 19.9 Å². The van der Waals surface area contributed by atoms with Crippen LogP contribution in [0.25, 0.3) is 0 Å². The highest BCUT2D eigenvalue weighted by Crippen LogP contribution is 2.29. The maximum absolute atomic E-state index is 13.7. The van der Waals surface area contributed by atoms with Crippen LogP contribution in [0.1, 0.15) is 12.0 Å². The first-order valence-corrected chi connectivity index (χ1v) is 12.2. The van der Waals surface area contributed by atoms with Gasteiger partial charge in [-0.2, -0.15) is 15.0 Å². The predicted molar refractivity (Wildman–Crippen MR) is 135 cm³/mol. The third-order valence-electron chi connectivity index (χ3n) is 6.34. The molecule has 38 heavy (non-hydrogen) atoms. The molecule has 0 unspecified atom stereocenters. The summed E-state index contributed by atoms with van der Waals surface area (Å²) in [6.07, 6.45) is 3.95. The van der Waals surface area contributed by atoms with Crippen molar-refractivity contribution in [3.63, 3.8) is 0 Å². The number of hydrogen-bond donors (Lipinski definition) is 1. The molecule has 2 heterocycles. The Hall–Kier alpha value is -4.60. The Morgan fingerprint density at radius 3 is 2.29 bits per heavy atom. The number of halogens is 2. The Balaban J connectivity index is 1.27. The van der Waals surface area contributed by atoms with Gasteiger partial charge < -0.3 is 15.0 Å². The SMILES string of the molecule is O=C(Nc1ccc(Oc2ccc(F)cc2)cc1)[C@H]1C[C@@H](Cc2cccc(F)c2)CN1C(=O)Cn1nccn1. The van der Waals surface area contributed by atoms with E-state index in [1.165, 1.54) is 53.6 Å². The molecule has 1 aromatic heterocycles. The van der Waals surface area contributed by atoms with Gasteiger partial charge in [0.05, 0.1) is 12.4 Å². The average molecular weight is 518 g/mol. The minimum Gasteiger partial charge on any atom is -0.457 e. The summed E-state index contributed by atoms with van der Waals surface area (Å²) in [5.74, 6) is -0.276. The number of aromatic nitrogens is 3. The molecule has 2 atom stereocenters.